The van der Waals surface area contributed by atoms with Crippen LogP contribution in [0.25, 0.3) is 11.1 Å². The Labute approximate surface area is 186 Å². The highest BCUT2D eigenvalue weighted by Gasteiger charge is 2.39. The number of aryl methyl sites for hydroxylation is 1. The number of rotatable bonds is 7. The average Bonchev–Trinajstić information content (AvgIpc) is 3.45. The zero-order valence-corrected chi connectivity index (χ0v) is 18.9. The summed E-state index contributed by atoms with van der Waals surface area (Å²) in [5.41, 5.74) is 9.54. The average molecular weight is 435 g/mol. The van der Waals surface area contributed by atoms with Gasteiger partial charge in [-0.25, -0.2) is 4.39 Å². The molecule has 3 nitrogen and oxygen atoms in total. The second-order valence-electron chi connectivity index (χ2n) is 8.64. The van der Waals surface area contributed by atoms with Crippen LogP contribution in [0.5, 0.6) is 0 Å². The summed E-state index contributed by atoms with van der Waals surface area (Å²) in [6, 6.07) is 15.4. The van der Waals surface area contributed by atoms with E-state index in [1.165, 1.54) is 35.8 Å². The number of amidine groups is 1. The molecule has 4 rings (SSSR count). The lowest BCUT2D eigenvalue weighted by Gasteiger charge is -2.31. The van der Waals surface area contributed by atoms with E-state index in [9.17, 15) is 9.18 Å². The van der Waals surface area contributed by atoms with E-state index in [1.54, 1.807) is 13.0 Å². The van der Waals surface area contributed by atoms with E-state index in [1.807, 2.05) is 43.5 Å². The van der Waals surface area contributed by atoms with Crippen LogP contribution in [0.2, 0.25) is 0 Å². The summed E-state index contributed by atoms with van der Waals surface area (Å²) in [5.74, 6) is 0.296. The number of carbonyl (C=O) groups excluding carboxylic acids is 1. The van der Waals surface area contributed by atoms with E-state index in [2.05, 4.69) is 12.1 Å². The Balaban J connectivity index is 1.75. The van der Waals surface area contributed by atoms with Crippen LogP contribution in [0.15, 0.2) is 58.9 Å². The Morgan fingerprint density at radius 2 is 1.94 bits per heavy atom. The molecular formula is C26H27FN2OS. The number of nitrogens with zero attached hydrogens (tertiary/aromatic N) is 1. The predicted octanol–water partition coefficient (Wildman–Crippen LogP) is 6.32. The van der Waals surface area contributed by atoms with Crippen molar-refractivity contribution in [3.05, 3.63) is 81.3 Å². The summed E-state index contributed by atoms with van der Waals surface area (Å²) in [7, 11) is 0. The SMILES string of the molecule is CC(N)=NC(C)(c1cc(-c2ccc(C)cc2F)cs1)C(C=O)c1ccc(C2CC2)cc1. The van der Waals surface area contributed by atoms with Gasteiger partial charge >= 0.3 is 0 Å². The fourth-order valence-electron chi connectivity index (χ4n) is 4.17. The van der Waals surface area contributed by atoms with E-state index in [-0.39, 0.29) is 5.82 Å². The van der Waals surface area contributed by atoms with Gasteiger partial charge in [0, 0.05) is 10.4 Å². The predicted molar refractivity (Wildman–Crippen MR) is 126 cm³/mol. The van der Waals surface area contributed by atoms with Gasteiger partial charge in [-0.3, -0.25) is 4.99 Å². The maximum Gasteiger partial charge on any atom is 0.131 e. The Kier molecular flexibility index (Phi) is 5.80. The number of aldehydes is 1. The van der Waals surface area contributed by atoms with Crippen molar-refractivity contribution in [2.75, 3.05) is 0 Å². The number of hydrogen-bond acceptors (Lipinski definition) is 3. The molecule has 0 amide bonds. The molecule has 0 saturated heterocycles. The molecule has 1 saturated carbocycles. The van der Waals surface area contributed by atoms with Crippen LogP contribution in [0.1, 0.15) is 60.1 Å². The van der Waals surface area contributed by atoms with E-state index >= 15 is 0 Å². The summed E-state index contributed by atoms with van der Waals surface area (Å²) >= 11 is 1.47. The van der Waals surface area contributed by atoms with E-state index in [4.69, 9.17) is 10.7 Å². The third-order valence-electron chi connectivity index (χ3n) is 6.03. The molecule has 0 spiro atoms. The molecule has 1 heterocycles. The summed E-state index contributed by atoms with van der Waals surface area (Å²) in [4.78, 5) is 17.9. The molecule has 2 aromatic carbocycles. The summed E-state index contributed by atoms with van der Waals surface area (Å²) in [5, 5.41) is 1.92. The first kappa shape index (κ1) is 21.4. The molecule has 31 heavy (non-hydrogen) atoms. The van der Waals surface area contributed by atoms with Crippen LogP contribution in [-0.2, 0) is 10.3 Å². The Morgan fingerprint density at radius 3 is 2.52 bits per heavy atom. The lowest BCUT2D eigenvalue weighted by atomic mass is 9.80. The molecule has 1 aliphatic carbocycles. The lowest BCUT2D eigenvalue weighted by molar-refractivity contribution is -0.110. The van der Waals surface area contributed by atoms with Crippen molar-refractivity contribution in [1.29, 1.82) is 0 Å². The Bertz CT molecular complexity index is 1130. The maximum atomic E-state index is 14.6. The monoisotopic (exact) mass is 434 g/mol. The highest BCUT2D eigenvalue weighted by atomic mass is 32.1. The minimum atomic E-state index is -0.883. The van der Waals surface area contributed by atoms with E-state index in [0.29, 0.717) is 17.3 Å². The zero-order chi connectivity index (χ0) is 22.2. The van der Waals surface area contributed by atoms with Gasteiger partial charge in [-0.05, 0) is 79.3 Å². The fourth-order valence-corrected chi connectivity index (χ4v) is 5.22. The number of aliphatic imine (C=N–C) groups is 1. The van der Waals surface area contributed by atoms with Gasteiger partial charge in [0.1, 0.15) is 17.6 Å². The normalized spacial score (nSPS) is 17.2. The van der Waals surface area contributed by atoms with Crippen LogP contribution in [0.3, 0.4) is 0 Å². The molecule has 1 aliphatic rings. The third kappa shape index (κ3) is 4.33. The Hall–Kier alpha value is -2.79. The van der Waals surface area contributed by atoms with Gasteiger partial charge in [0.2, 0.25) is 0 Å². The summed E-state index contributed by atoms with van der Waals surface area (Å²) in [6.45, 7) is 5.52. The van der Waals surface area contributed by atoms with E-state index < -0.39 is 11.5 Å². The van der Waals surface area contributed by atoms with Crippen molar-refractivity contribution in [2.24, 2.45) is 10.7 Å². The van der Waals surface area contributed by atoms with Gasteiger partial charge in [0.05, 0.1) is 11.8 Å². The second kappa shape index (κ2) is 8.39. The minimum Gasteiger partial charge on any atom is -0.388 e. The first-order valence-electron chi connectivity index (χ1n) is 10.5. The van der Waals surface area contributed by atoms with Crippen molar-refractivity contribution in [2.45, 2.75) is 51.0 Å². The third-order valence-corrected chi connectivity index (χ3v) is 7.19. The van der Waals surface area contributed by atoms with Gasteiger partial charge in [0.15, 0.2) is 0 Å². The molecule has 1 fully saturated rings. The van der Waals surface area contributed by atoms with Crippen molar-refractivity contribution < 1.29 is 9.18 Å². The number of carbonyl (C=O) groups is 1. The topological polar surface area (TPSA) is 55.4 Å². The summed E-state index contributed by atoms with van der Waals surface area (Å²) in [6.07, 6.45) is 3.42. The molecule has 160 valence electrons. The highest BCUT2D eigenvalue weighted by molar-refractivity contribution is 7.10. The van der Waals surface area contributed by atoms with Crippen LogP contribution < -0.4 is 5.73 Å². The molecule has 5 heteroatoms. The maximum absolute atomic E-state index is 14.6. The Morgan fingerprint density at radius 1 is 1.23 bits per heavy atom. The molecule has 0 radical (unpaired) electrons. The van der Waals surface area contributed by atoms with Crippen molar-refractivity contribution in [3.8, 4) is 11.1 Å². The molecule has 2 N–H and O–H groups in total. The lowest BCUT2D eigenvalue weighted by Crippen LogP contribution is -2.31. The van der Waals surface area contributed by atoms with Gasteiger partial charge in [-0.2, -0.15) is 0 Å². The molecule has 2 unspecified atom stereocenters. The molecule has 0 bridgehead atoms. The number of nitrogens with two attached hydrogens (primary N) is 1. The van der Waals surface area contributed by atoms with Gasteiger partial charge in [-0.1, -0.05) is 36.4 Å². The zero-order valence-electron chi connectivity index (χ0n) is 18.1. The number of thiophene rings is 1. The van der Waals surface area contributed by atoms with Crippen LogP contribution >= 0.6 is 11.3 Å². The molecular weight excluding hydrogens is 407 g/mol. The fraction of sp³-hybridized carbons (Fsp3) is 0.308. The van der Waals surface area contributed by atoms with Crippen LogP contribution in [0, 0.1) is 12.7 Å². The van der Waals surface area contributed by atoms with Crippen LogP contribution in [-0.4, -0.2) is 12.1 Å². The van der Waals surface area contributed by atoms with Gasteiger partial charge in [-0.15, -0.1) is 11.3 Å². The van der Waals surface area contributed by atoms with Crippen molar-refractivity contribution >= 4 is 23.5 Å². The minimum absolute atomic E-state index is 0.257. The van der Waals surface area contributed by atoms with Crippen LogP contribution in [0.4, 0.5) is 4.39 Å². The molecule has 2 atom stereocenters. The van der Waals surface area contributed by atoms with Crippen molar-refractivity contribution in [1.82, 2.24) is 0 Å². The van der Waals surface area contributed by atoms with Gasteiger partial charge < -0.3 is 10.5 Å². The van der Waals surface area contributed by atoms with E-state index in [0.717, 1.165) is 27.9 Å². The first-order valence-corrected chi connectivity index (χ1v) is 11.4. The first-order chi connectivity index (χ1) is 14.8. The number of halogens is 1. The quantitative estimate of drug-likeness (QED) is 0.269. The molecule has 1 aromatic heterocycles. The van der Waals surface area contributed by atoms with Crippen molar-refractivity contribution in [3.63, 3.8) is 0 Å². The second-order valence-corrected chi connectivity index (χ2v) is 9.55. The standard InChI is InChI=1S/C26H27FN2OS/c1-16-4-11-22(24(27)12-16)21-13-25(31-15-21)26(3,29-17(2)28)23(14-30)20-9-7-19(8-10-20)18-5-6-18/h4,7-15,18,23H,5-6H2,1-3H3,(H2,28,29). The number of benzene rings is 2. The smallest absolute Gasteiger partial charge is 0.131 e. The largest absolute Gasteiger partial charge is 0.388 e. The van der Waals surface area contributed by atoms with Gasteiger partial charge in [0.25, 0.3) is 0 Å². The molecule has 3 aromatic rings. The number of hydrogen-bond donors (Lipinski definition) is 1. The molecule has 0 aliphatic heterocycles. The summed E-state index contributed by atoms with van der Waals surface area (Å²) < 4.78 is 14.6. The highest BCUT2D eigenvalue weighted by Crippen LogP contribution is 2.45.